The van der Waals surface area contributed by atoms with Crippen molar-refractivity contribution in [2.45, 2.75) is 161 Å². The van der Waals surface area contributed by atoms with Gasteiger partial charge in [-0.25, -0.2) is 0 Å². The van der Waals surface area contributed by atoms with Gasteiger partial charge in [-0.3, -0.25) is 0 Å². The summed E-state index contributed by atoms with van der Waals surface area (Å²) >= 11 is 0. The van der Waals surface area contributed by atoms with E-state index in [0.29, 0.717) is 12.8 Å². The van der Waals surface area contributed by atoms with E-state index in [1.165, 1.54) is 122 Å². The Morgan fingerprint density at radius 3 is 0.543 bits per heavy atom. The number of aliphatic hydroxyl groups is 4. The Morgan fingerprint density at radius 1 is 0.257 bits per heavy atom. The summed E-state index contributed by atoms with van der Waals surface area (Å²) < 4.78 is 0. The number of hydrogen-bond acceptors (Lipinski definition) is 4. The summed E-state index contributed by atoms with van der Waals surface area (Å²) in [6.45, 7) is -0.704. The summed E-state index contributed by atoms with van der Waals surface area (Å²) in [5, 5.41) is 41.3. The van der Waals surface area contributed by atoms with E-state index in [1.54, 1.807) is 0 Å². The van der Waals surface area contributed by atoms with Gasteiger partial charge in [-0.15, -0.1) is 0 Å². The topological polar surface area (TPSA) is 80.9 Å². The van der Waals surface area contributed by atoms with Crippen molar-refractivity contribution in [2.24, 2.45) is 10.8 Å². The maximum absolute atomic E-state index is 10.3. The van der Waals surface area contributed by atoms with E-state index in [2.05, 4.69) is 0 Å². The maximum Gasteiger partial charge on any atom is 0.0516 e. The third kappa shape index (κ3) is 13.3. The van der Waals surface area contributed by atoms with Gasteiger partial charge in [-0.05, 0) is 12.8 Å². The van der Waals surface area contributed by atoms with Crippen molar-refractivity contribution in [3.8, 4) is 0 Å². The lowest BCUT2D eigenvalue weighted by Crippen LogP contribution is -2.52. The molecular weight excluding hydrogens is 436 g/mol. The van der Waals surface area contributed by atoms with E-state index in [4.69, 9.17) is 0 Å². The first-order valence-corrected chi connectivity index (χ1v) is 15.6. The minimum absolute atomic E-state index is 0.176. The van der Waals surface area contributed by atoms with Crippen molar-refractivity contribution in [3.63, 3.8) is 0 Å². The zero-order valence-electron chi connectivity index (χ0n) is 23.3. The van der Waals surface area contributed by atoms with Crippen molar-refractivity contribution < 1.29 is 20.4 Å². The van der Waals surface area contributed by atoms with Crippen LogP contribution in [0.5, 0.6) is 0 Å². The number of rotatable bonds is 4. The molecule has 0 aromatic heterocycles. The molecule has 1 aliphatic rings. The van der Waals surface area contributed by atoms with Gasteiger partial charge in [-0.1, -0.05) is 148 Å². The zero-order valence-corrected chi connectivity index (χ0v) is 23.3. The molecule has 4 heteroatoms. The predicted octanol–water partition coefficient (Wildman–Crippen LogP) is 7.69. The third-order valence-corrected chi connectivity index (χ3v) is 9.15. The molecule has 1 fully saturated rings. The molecule has 210 valence electrons. The predicted molar refractivity (Wildman–Crippen MR) is 149 cm³/mol. The molecule has 0 amide bonds. The molecular formula is C31H62O4. The first kappa shape index (κ1) is 32.9. The zero-order chi connectivity index (χ0) is 25.5. The summed E-state index contributed by atoms with van der Waals surface area (Å²) in [4.78, 5) is 0. The highest BCUT2D eigenvalue weighted by molar-refractivity contribution is 4.97. The molecule has 1 aliphatic carbocycles. The average Bonchev–Trinajstić information content (AvgIpc) is 2.89. The van der Waals surface area contributed by atoms with Gasteiger partial charge in [0, 0.05) is 10.8 Å². The van der Waals surface area contributed by atoms with Crippen LogP contribution in [-0.2, 0) is 0 Å². The molecule has 0 aromatic rings. The smallest absolute Gasteiger partial charge is 0.0516 e. The van der Waals surface area contributed by atoms with Crippen LogP contribution in [-0.4, -0.2) is 46.9 Å². The van der Waals surface area contributed by atoms with Crippen molar-refractivity contribution in [1.29, 1.82) is 0 Å². The summed E-state index contributed by atoms with van der Waals surface area (Å²) in [6, 6.07) is 0. The molecule has 0 heterocycles. The number of aliphatic hydroxyl groups excluding tert-OH is 4. The van der Waals surface area contributed by atoms with Crippen molar-refractivity contribution in [1.82, 2.24) is 0 Å². The Bertz CT molecular complexity index is 405. The molecule has 0 bridgehead atoms. The summed E-state index contributed by atoms with van der Waals surface area (Å²) in [6.07, 6.45) is 31.0. The van der Waals surface area contributed by atoms with E-state index < -0.39 is 10.8 Å². The van der Waals surface area contributed by atoms with Crippen LogP contribution in [0.25, 0.3) is 0 Å². The summed E-state index contributed by atoms with van der Waals surface area (Å²) in [5.41, 5.74) is -1.61. The Labute approximate surface area is 218 Å². The monoisotopic (exact) mass is 498 g/mol. The van der Waals surface area contributed by atoms with Gasteiger partial charge >= 0.3 is 0 Å². The van der Waals surface area contributed by atoms with E-state index in [9.17, 15) is 20.4 Å². The molecule has 35 heavy (non-hydrogen) atoms. The molecule has 1 rings (SSSR count). The van der Waals surface area contributed by atoms with Gasteiger partial charge in [0.2, 0.25) is 0 Å². The third-order valence-electron chi connectivity index (χ3n) is 9.15. The molecule has 0 spiro atoms. The lowest BCUT2D eigenvalue weighted by molar-refractivity contribution is -0.124. The normalized spacial score (nSPS) is 24.3. The Hall–Kier alpha value is -0.160. The van der Waals surface area contributed by atoms with Crippen LogP contribution in [0.4, 0.5) is 0 Å². The van der Waals surface area contributed by atoms with Crippen LogP contribution in [0.2, 0.25) is 0 Å². The Morgan fingerprint density at radius 2 is 0.400 bits per heavy atom. The fraction of sp³-hybridized carbons (Fsp3) is 1.00. The Balaban J connectivity index is 2.55. The largest absolute Gasteiger partial charge is 0.396 e. The van der Waals surface area contributed by atoms with Crippen molar-refractivity contribution in [3.05, 3.63) is 0 Å². The standard InChI is InChI=1S/C31H62O4/c32-26-30(27-33)24-22-20-18-16-14-12-10-8-6-4-2-1-3-5-7-9-11-13-15-17-19-21-23-25-31(30,28-34)29-35/h32-35H,1-29H2. The van der Waals surface area contributed by atoms with E-state index in [1.807, 2.05) is 0 Å². The molecule has 0 aromatic carbocycles. The molecule has 4 nitrogen and oxygen atoms in total. The van der Waals surface area contributed by atoms with E-state index in [0.717, 1.165) is 25.7 Å². The van der Waals surface area contributed by atoms with Gasteiger partial charge in [0.1, 0.15) is 0 Å². The molecule has 0 aliphatic heterocycles. The van der Waals surface area contributed by atoms with Gasteiger partial charge in [0.25, 0.3) is 0 Å². The van der Waals surface area contributed by atoms with Crippen LogP contribution in [0.15, 0.2) is 0 Å². The summed E-state index contributed by atoms with van der Waals surface area (Å²) in [5.74, 6) is 0. The fourth-order valence-electron chi connectivity index (χ4n) is 6.26. The van der Waals surface area contributed by atoms with E-state index in [-0.39, 0.29) is 26.4 Å². The van der Waals surface area contributed by atoms with Gasteiger partial charge < -0.3 is 20.4 Å². The maximum atomic E-state index is 10.3. The van der Waals surface area contributed by atoms with Crippen LogP contribution in [0, 0.1) is 10.8 Å². The fourth-order valence-corrected chi connectivity index (χ4v) is 6.26. The minimum atomic E-state index is -0.805. The van der Waals surface area contributed by atoms with Crippen LogP contribution < -0.4 is 0 Å². The average molecular weight is 499 g/mol. The Kier molecular flexibility index (Phi) is 20.5. The molecule has 0 saturated heterocycles. The van der Waals surface area contributed by atoms with Crippen molar-refractivity contribution in [2.75, 3.05) is 26.4 Å². The molecule has 0 unspecified atom stereocenters. The SMILES string of the molecule is OCC1(CO)CCCCCCCCCCCCCCCCCCCCCCCCCC1(CO)CO. The van der Waals surface area contributed by atoms with Gasteiger partial charge in [-0.2, -0.15) is 0 Å². The summed E-state index contributed by atoms with van der Waals surface area (Å²) in [7, 11) is 0. The van der Waals surface area contributed by atoms with Gasteiger partial charge in [0.15, 0.2) is 0 Å². The second-order valence-electron chi connectivity index (χ2n) is 11.8. The minimum Gasteiger partial charge on any atom is -0.396 e. The van der Waals surface area contributed by atoms with E-state index >= 15 is 0 Å². The number of hydrogen-bond donors (Lipinski definition) is 4. The van der Waals surface area contributed by atoms with Crippen LogP contribution in [0.3, 0.4) is 0 Å². The molecule has 0 radical (unpaired) electrons. The van der Waals surface area contributed by atoms with Crippen molar-refractivity contribution >= 4 is 0 Å². The second-order valence-corrected chi connectivity index (χ2v) is 11.8. The quantitative estimate of drug-likeness (QED) is 0.320. The molecule has 1 saturated carbocycles. The lowest BCUT2D eigenvalue weighted by atomic mass is 9.60. The van der Waals surface area contributed by atoms with Crippen LogP contribution >= 0.6 is 0 Å². The van der Waals surface area contributed by atoms with Gasteiger partial charge in [0.05, 0.1) is 26.4 Å². The van der Waals surface area contributed by atoms with Crippen LogP contribution in [0.1, 0.15) is 161 Å². The lowest BCUT2D eigenvalue weighted by Gasteiger charge is -2.47. The highest BCUT2D eigenvalue weighted by atomic mass is 16.3. The first-order valence-electron chi connectivity index (χ1n) is 15.6. The molecule has 0 atom stereocenters. The first-order chi connectivity index (χ1) is 17.2. The highest BCUT2D eigenvalue weighted by Gasteiger charge is 2.49. The second kappa shape index (κ2) is 21.9. The highest BCUT2D eigenvalue weighted by Crippen LogP contribution is 2.46. The molecule has 4 N–H and O–H groups in total.